The second-order valence-corrected chi connectivity index (χ2v) is 6.98. The van der Waals surface area contributed by atoms with Crippen LogP contribution in [-0.4, -0.2) is 32.1 Å². The molecule has 0 N–H and O–H groups in total. The van der Waals surface area contributed by atoms with Gasteiger partial charge in [-0.2, -0.15) is 4.48 Å². The predicted octanol–water partition coefficient (Wildman–Crippen LogP) is 4.67. The maximum atomic E-state index is 13.6. The molecule has 5 nitrogen and oxygen atoms in total. The van der Waals surface area contributed by atoms with Crippen LogP contribution in [0.15, 0.2) is 84.9 Å². The number of rotatable bonds is 8. The second kappa shape index (κ2) is 9.85. The summed E-state index contributed by atoms with van der Waals surface area (Å²) in [6.07, 6.45) is 0.652. The molecule has 0 fully saturated rings. The van der Waals surface area contributed by atoms with Gasteiger partial charge < -0.3 is 9.47 Å². The van der Waals surface area contributed by atoms with Gasteiger partial charge in [0.1, 0.15) is 17.1 Å². The zero-order chi connectivity index (χ0) is 21.4. The number of ether oxygens (including phenoxy) is 2. The fourth-order valence-corrected chi connectivity index (χ4v) is 3.55. The Hall–Kier alpha value is -3.44. The molecule has 0 aromatic heterocycles. The molecule has 0 aliphatic rings. The molecule has 3 rings (SSSR count). The number of hydrogen-bond donors (Lipinski definition) is 0. The monoisotopic (exact) mass is 404 g/mol. The third-order valence-electron chi connectivity index (χ3n) is 5.11. The average Bonchev–Trinajstić information content (AvgIpc) is 2.80. The molecule has 5 heteroatoms. The summed E-state index contributed by atoms with van der Waals surface area (Å²) >= 11 is 0. The molecule has 0 atom stereocenters. The average molecular weight is 404 g/mol. The highest BCUT2D eigenvalue weighted by Gasteiger charge is 2.41. The highest BCUT2D eigenvalue weighted by Crippen LogP contribution is 2.35. The number of hydrogen-bond acceptors (Lipinski definition) is 4. The topological polar surface area (TPSA) is 52.6 Å². The standard InChI is InChI=1S/C25H26NO4/c1-20(27)30-19-25(28)26(22-9-5-3-6-10-22,23-11-7-4-8-12-23)18-17-21-13-15-24(29-2)16-14-21/h3-16H,17-19H2,1-2H3/q+1. The molecule has 0 spiro atoms. The second-order valence-electron chi connectivity index (χ2n) is 6.98. The first-order chi connectivity index (χ1) is 14.6. The quantitative estimate of drug-likeness (QED) is 0.405. The maximum absolute atomic E-state index is 13.6. The molecule has 1 amide bonds. The first-order valence-electron chi connectivity index (χ1n) is 9.85. The fraction of sp³-hybridized carbons (Fsp3) is 0.200. The van der Waals surface area contributed by atoms with Crippen molar-refractivity contribution in [3.63, 3.8) is 0 Å². The van der Waals surface area contributed by atoms with Crippen molar-refractivity contribution in [3.05, 3.63) is 90.5 Å². The molecule has 3 aromatic rings. The maximum Gasteiger partial charge on any atom is 0.361 e. The smallest absolute Gasteiger partial charge is 0.361 e. The lowest BCUT2D eigenvalue weighted by Gasteiger charge is -2.35. The van der Waals surface area contributed by atoms with Gasteiger partial charge >= 0.3 is 11.9 Å². The van der Waals surface area contributed by atoms with Gasteiger partial charge in [0.15, 0.2) is 0 Å². The van der Waals surface area contributed by atoms with Crippen molar-refractivity contribution < 1.29 is 19.1 Å². The summed E-state index contributed by atoms with van der Waals surface area (Å²) in [5.41, 5.74) is 2.74. The summed E-state index contributed by atoms with van der Waals surface area (Å²) in [5, 5.41) is 0. The Labute approximate surface area is 177 Å². The van der Waals surface area contributed by atoms with Gasteiger partial charge in [-0.1, -0.05) is 48.5 Å². The van der Waals surface area contributed by atoms with Gasteiger partial charge in [0.05, 0.1) is 13.7 Å². The van der Waals surface area contributed by atoms with Crippen LogP contribution in [0.3, 0.4) is 0 Å². The van der Waals surface area contributed by atoms with Crippen molar-refractivity contribution in [3.8, 4) is 5.75 Å². The third kappa shape index (κ3) is 4.75. The SMILES string of the molecule is COc1ccc(CC[N+](C(=O)COC(C)=O)(c2ccccc2)c2ccccc2)cc1. The zero-order valence-corrected chi connectivity index (χ0v) is 17.3. The van der Waals surface area contributed by atoms with E-state index < -0.39 is 5.97 Å². The number of esters is 1. The Bertz CT molecular complexity index is 930. The van der Waals surface area contributed by atoms with Crippen LogP contribution in [0.1, 0.15) is 12.5 Å². The molecule has 0 aliphatic carbocycles. The van der Waals surface area contributed by atoms with Crippen molar-refractivity contribution in [2.24, 2.45) is 0 Å². The summed E-state index contributed by atoms with van der Waals surface area (Å²) < 4.78 is 10.3. The van der Waals surface area contributed by atoms with Crippen LogP contribution in [-0.2, 0) is 20.7 Å². The summed E-state index contributed by atoms with van der Waals surface area (Å²) in [7, 11) is 1.63. The number of methoxy groups -OCH3 is 1. The van der Waals surface area contributed by atoms with E-state index in [0.29, 0.717) is 13.0 Å². The summed E-state index contributed by atoms with van der Waals surface area (Å²) in [4.78, 5) is 25.0. The number of carbonyl (C=O) groups is 2. The minimum Gasteiger partial charge on any atom is -0.497 e. The van der Waals surface area contributed by atoms with Crippen LogP contribution in [0.25, 0.3) is 0 Å². The molecule has 0 heterocycles. The summed E-state index contributed by atoms with van der Waals surface area (Å²) in [6, 6.07) is 27.1. The Morgan fingerprint density at radius 2 is 1.33 bits per heavy atom. The Morgan fingerprint density at radius 3 is 1.80 bits per heavy atom. The summed E-state index contributed by atoms with van der Waals surface area (Å²) in [5.74, 6) is 0.116. The lowest BCUT2D eigenvalue weighted by atomic mass is 10.1. The molecule has 0 radical (unpaired) electrons. The van der Waals surface area contributed by atoms with Crippen molar-refractivity contribution >= 4 is 23.3 Å². The molecule has 30 heavy (non-hydrogen) atoms. The highest BCUT2D eigenvalue weighted by molar-refractivity contribution is 5.96. The van der Waals surface area contributed by atoms with Crippen LogP contribution in [0, 0.1) is 0 Å². The predicted molar refractivity (Wildman–Crippen MR) is 118 cm³/mol. The summed E-state index contributed by atoms with van der Waals surface area (Å²) in [6.45, 7) is 1.51. The van der Waals surface area contributed by atoms with Gasteiger partial charge in [0, 0.05) is 37.6 Å². The normalized spacial score (nSPS) is 11.0. The molecule has 0 unspecified atom stereocenters. The molecule has 0 bridgehead atoms. The largest absolute Gasteiger partial charge is 0.497 e. The molecular weight excluding hydrogens is 378 g/mol. The molecule has 154 valence electrons. The van der Waals surface area contributed by atoms with E-state index in [2.05, 4.69) is 0 Å². The van der Waals surface area contributed by atoms with E-state index in [4.69, 9.17) is 9.47 Å². The molecule has 0 saturated carbocycles. The first-order valence-corrected chi connectivity index (χ1v) is 9.85. The van der Waals surface area contributed by atoms with Gasteiger partial charge in [-0.15, -0.1) is 0 Å². The van der Waals surface area contributed by atoms with Crippen molar-refractivity contribution in [1.82, 2.24) is 4.48 Å². The van der Waals surface area contributed by atoms with Crippen molar-refractivity contribution in [2.75, 3.05) is 20.3 Å². The number of carbonyl (C=O) groups excluding carboxylic acids is 2. The van der Waals surface area contributed by atoms with E-state index in [1.165, 1.54) is 6.92 Å². The van der Waals surface area contributed by atoms with Gasteiger partial charge in [0.2, 0.25) is 6.61 Å². The Kier molecular flexibility index (Phi) is 6.99. The minimum absolute atomic E-state index is 0.0407. The van der Waals surface area contributed by atoms with E-state index in [1.807, 2.05) is 84.9 Å². The van der Waals surface area contributed by atoms with Crippen LogP contribution in [0.4, 0.5) is 11.4 Å². The lowest BCUT2D eigenvalue weighted by molar-refractivity contribution is -0.148. The van der Waals surface area contributed by atoms with Crippen molar-refractivity contribution in [2.45, 2.75) is 13.3 Å². The van der Waals surface area contributed by atoms with Crippen LogP contribution < -0.4 is 9.22 Å². The number of benzene rings is 3. The molecule has 0 saturated heterocycles. The van der Waals surface area contributed by atoms with E-state index in [0.717, 1.165) is 22.7 Å². The van der Waals surface area contributed by atoms with Gasteiger partial charge in [-0.05, 0) is 17.7 Å². The van der Waals surface area contributed by atoms with Crippen LogP contribution in [0.2, 0.25) is 0 Å². The molecule has 3 aromatic carbocycles. The third-order valence-corrected chi connectivity index (χ3v) is 5.11. The van der Waals surface area contributed by atoms with E-state index in [1.54, 1.807) is 7.11 Å². The van der Waals surface area contributed by atoms with E-state index >= 15 is 0 Å². The van der Waals surface area contributed by atoms with Gasteiger partial charge in [-0.3, -0.25) is 4.79 Å². The molecule has 0 aliphatic heterocycles. The number of nitrogens with zero attached hydrogens (tertiary/aromatic N) is 1. The number of para-hydroxylation sites is 2. The number of amides is 1. The highest BCUT2D eigenvalue weighted by atomic mass is 16.5. The fourth-order valence-electron chi connectivity index (χ4n) is 3.55. The van der Waals surface area contributed by atoms with Gasteiger partial charge in [-0.25, -0.2) is 4.79 Å². The number of quaternary nitrogens is 1. The minimum atomic E-state index is -0.474. The zero-order valence-electron chi connectivity index (χ0n) is 17.3. The van der Waals surface area contributed by atoms with E-state index in [-0.39, 0.29) is 17.0 Å². The lowest BCUT2D eigenvalue weighted by Crippen LogP contribution is -2.53. The Morgan fingerprint density at radius 1 is 0.800 bits per heavy atom. The van der Waals surface area contributed by atoms with E-state index in [9.17, 15) is 9.59 Å². The van der Waals surface area contributed by atoms with Crippen LogP contribution >= 0.6 is 0 Å². The first kappa shape index (κ1) is 21.3. The molecular formula is C25H26NO4+. The Balaban J connectivity index is 2.04. The van der Waals surface area contributed by atoms with Crippen molar-refractivity contribution in [1.29, 1.82) is 0 Å². The van der Waals surface area contributed by atoms with Gasteiger partial charge in [0.25, 0.3) is 0 Å². The van der Waals surface area contributed by atoms with Crippen LogP contribution in [0.5, 0.6) is 5.75 Å².